The Labute approximate surface area is 147 Å². The zero-order valence-electron chi connectivity index (χ0n) is 14.5. The molecule has 3 rings (SSSR count). The van der Waals surface area contributed by atoms with E-state index >= 15 is 0 Å². The van der Waals surface area contributed by atoms with Crippen molar-refractivity contribution in [1.29, 1.82) is 0 Å². The number of ether oxygens (including phenoxy) is 1. The molecule has 1 saturated carbocycles. The van der Waals surface area contributed by atoms with Gasteiger partial charge in [0.1, 0.15) is 17.4 Å². The van der Waals surface area contributed by atoms with Gasteiger partial charge in [0.25, 0.3) is 5.22 Å². The second kappa shape index (κ2) is 7.60. The lowest BCUT2D eigenvalue weighted by Crippen LogP contribution is -2.36. The van der Waals surface area contributed by atoms with Crippen molar-refractivity contribution < 1.29 is 13.9 Å². The van der Waals surface area contributed by atoms with Gasteiger partial charge >= 0.3 is 5.97 Å². The minimum absolute atomic E-state index is 0.0467. The van der Waals surface area contributed by atoms with E-state index in [2.05, 4.69) is 25.8 Å². The quantitative estimate of drug-likeness (QED) is 0.567. The Bertz CT molecular complexity index is 664. The monoisotopic (exact) mass is 347 g/mol. The number of hydrogen-bond acceptors (Lipinski definition) is 5. The van der Waals surface area contributed by atoms with E-state index in [-0.39, 0.29) is 17.8 Å². The van der Waals surface area contributed by atoms with Crippen LogP contribution in [-0.4, -0.2) is 22.8 Å². The average Bonchev–Trinajstić information content (AvgIpc) is 2.95. The normalized spacial score (nSPS) is 24.4. The lowest BCUT2D eigenvalue weighted by molar-refractivity contribution is -0.152. The van der Waals surface area contributed by atoms with E-state index in [0.717, 1.165) is 23.9 Å². The zero-order valence-corrected chi connectivity index (χ0v) is 15.3. The van der Waals surface area contributed by atoms with Gasteiger partial charge in [-0.15, -0.1) is 0 Å². The van der Waals surface area contributed by atoms with Crippen molar-refractivity contribution in [2.24, 2.45) is 17.8 Å². The molecule has 0 N–H and O–H groups in total. The maximum Gasteiger partial charge on any atom is 0.316 e. The van der Waals surface area contributed by atoms with Crippen molar-refractivity contribution in [3.05, 3.63) is 24.3 Å². The molecule has 1 heterocycles. The molecule has 130 valence electrons. The van der Waals surface area contributed by atoms with Gasteiger partial charge in [-0.25, -0.2) is 4.98 Å². The van der Waals surface area contributed by atoms with Crippen LogP contribution in [0.25, 0.3) is 11.1 Å². The van der Waals surface area contributed by atoms with Crippen molar-refractivity contribution in [2.45, 2.75) is 51.4 Å². The molecular formula is C19H25NO3S. The molecule has 1 aliphatic carbocycles. The number of carbonyl (C=O) groups is 1. The van der Waals surface area contributed by atoms with Gasteiger partial charge in [0, 0.05) is 0 Å². The smallest absolute Gasteiger partial charge is 0.316 e. The predicted octanol–water partition coefficient (Wildman–Crippen LogP) is 4.92. The van der Waals surface area contributed by atoms with Gasteiger partial charge in [-0.05, 0) is 42.7 Å². The topological polar surface area (TPSA) is 52.3 Å². The van der Waals surface area contributed by atoms with E-state index in [9.17, 15) is 4.79 Å². The van der Waals surface area contributed by atoms with Crippen molar-refractivity contribution in [2.75, 3.05) is 5.75 Å². The Kier molecular flexibility index (Phi) is 5.49. The third-order valence-corrected chi connectivity index (χ3v) is 5.63. The van der Waals surface area contributed by atoms with Crippen LogP contribution in [0.15, 0.2) is 33.9 Å². The highest BCUT2D eigenvalue weighted by atomic mass is 32.2. The van der Waals surface area contributed by atoms with Gasteiger partial charge in [-0.2, -0.15) is 0 Å². The van der Waals surface area contributed by atoms with E-state index in [4.69, 9.17) is 9.15 Å². The number of carbonyl (C=O) groups excluding carboxylic acids is 1. The third kappa shape index (κ3) is 4.12. The first-order chi connectivity index (χ1) is 11.5. The first kappa shape index (κ1) is 17.3. The maximum atomic E-state index is 12.3. The summed E-state index contributed by atoms with van der Waals surface area (Å²) in [6, 6.07) is 7.61. The summed E-state index contributed by atoms with van der Waals surface area (Å²) in [4.78, 5) is 16.6. The van der Waals surface area contributed by atoms with E-state index in [1.807, 2.05) is 24.3 Å². The van der Waals surface area contributed by atoms with E-state index in [1.165, 1.54) is 18.2 Å². The van der Waals surface area contributed by atoms with Gasteiger partial charge in [0.15, 0.2) is 5.58 Å². The number of oxazole rings is 1. The number of fused-ring (bicyclic) bond motifs is 1. The van der Waals surface area contributed by atoms with E-state index < -0.39 is 0 Å². The van der Waals surface area contributed by atoms with Crippen LogP contribution in [0.3, 0.4) is 0 Å². The molecular weight excluding hydrogens is 322 g/mol. The fourth-order valence-corrected chi connectivity index (χ4v) is 4.11. The molecule has 0 unspecified atom stereocenters. The summed E-state index contributed by atoms with van der Waals surface area (Å²) in [5.41, 5.74) is 1.56. The van der Waals surface area contributed by atoms with Crippen molar-refractivity contribution >= 4 is 28.8 Å². The molecule has 5 heteroatoms. The van der Waals surface area contributed by atoms with Crippen LogP contribution in [-0.2, 0) is 9.53 Å². The second-order valence-corrected chi connectivity index (χ2v) is 8.02. The standard InChI is InChI=1S/C19H25NO3S/c1-12(2)14-9-8-13(3)10-17(14)22-18(21)11-24-19-20-15-6-4-5-7-16(15)23-19/h4-7,12-14,17H,8-11H2,1-3H3/t13-,14+,17+/m0/s1. The summed E-state index contributed by atoms with van der Waals surface area (Å²) in [5, 5.41) is 0.519. The summed E-state index contributed by atoms with van der Waals surface area (Å²) in [7, 11) is 0. The molecule has 2 aromatic rings. The molecule has 1 aromatic carbocycles. The second-order valence-electron chi connectivity index (χ2n) is 7.09. The minimum atomic E-state index is -0.174. The van der Waals surface area contributed by atoms with E-state index in [0.29, 0.717) is 23.0 Å². The van der Waals surface area contributed by atoms with Crippen molar-refractivity contribution in [1.82, 2.24) is 4.98 Å². The van der Waals surface area contributed by atoms with Crippen LogP contribution in [0, 0.1) is 17.8 Å². The summed E-state index contributed by atoms with van der Waals surface area (Å²) in [5.74, 6) is 1.71. The Balaban J connectivity index is 1.56. The Morgan fingerprint density at radius 2 is 2.17 bits per heavy atom. The van der Waals surface area contributed by atoms with Crippen LogP contribution in [0.1, 0.15) is 40.0 Å². The summed E-state index contributed by atoms with van der Waals surface area (Å²) in [6.07, 6.45) is 3.40. The zero-order chi connectivity index (χ0) is 17.1. The number of benzene rings is 1. The first-order valence-electron chi connectivity index (χ1n) is 8.70. The molecule has 0 radical (unpaired) electrons. The highest BCUT2D eigenvalue weighted by Gasteiger charge is 2.33. The highest BCUT2D eigenvalue weighted by Crippen LogP contribution is 2.35. The summed E-state index contributed by atoms with van der Waals surface area (Å²) < 4.78 is 11.4. The largest absolute Gasteiger partial charge is 0.461 e. The van der Waals surface area contributed by atoms with Crippen LogP contribution in [0.5, 0.6) is 0 Å². The van der Waals surface area contributed by atoms with Gasteiger partial charge in [-0.1, -0.05) is 51.1 Å². The summed E-state index contributed by atoms with van der Waals surface area (Å²) >= 11 is 1.30. The molecule has 1 aliphatic rings. The molecule has 1 aromatic heterocycles. The van der Waals surface area contributed by atoms with Gasteiger partial charge in [0.05, 0.1) is 0 Å². The van der Waals surface area contributed by atoms with Crippen LogP contribution in [0.4, 0.5) is 0 Å². The van der Waals surface area contributed by atoms with Crippen LogP contribution < -0.4 is 0 Å². The Hall–Kier alpha value is -1.49. The minimum Gasteiger partial charge on any atom is -0.461 e. The van der Waals surface area contributed by atoms with Gasteiger partial charge < -0.3 is 9.15 Å². The number of nitrogens with zero attached hydrogens (tertiary/aromatic N) is 1. The number of rotatable bonds is 5. The summed E-state index contributed by atoms with van der Waals surface area (Å²) in [6.45, 7) is 6.67. The van der Waals surface area contributed by atoms with Crippen molar-refractivity contribution in [3.63, 3.8) is 0 Å². The molecule has 3 atom stereocenters. The molecule has 1 fully saturated rings. The lowest BCUT2D eigenvalue weighted by atomic mass is 9.75. The molecule has 0 bridgehead atoms. The fourth-order valence-electron chi connectivity index (χ4n) is 3.49. The van der Waals surface area contributed by atoms with Crippen molar-refractivity contribution in [3.8, 4) is 0 Å². The number of thioether (sulfide) groups is 1. The molecule has 0 aliphatic heterocycles. The SMILES string of the molecule is CC(C)[C@H]1CC[C@H](C)C[C@H]1OC(=O)CSc1nc2ccccc2o1. The predicted molar refractivity (Wildman–Crippen MR) is 96.0 cm³/mol. The van der Waals surface area contributed by atoms with Crippen LogP contribution in [0.2, 0.25) is 0 Å². The number of hydrogen-bond donors (Lipinski definition) is 0. The molecule has 4 nitrogen and oxygen atoms in total. The Morgan fingerprint density at radius 3 is 2.92 bits per heavy atom. The molecule has 0 amide bonds. The number of aromatic nitrogens is 1. The van der Waals surface area contributed by atoms with Gasteiger partial charge in [0.2, 0.25) is 0 Å². The Morgan fingerprint density at radius 1 is 1.38 bits per heavy atom. The lowest BCUT2D eigenvalue weighted by Gasteiger charge is -2.36. The van der Waals surface area contributed by atoms with E-state index in [1.54, 1.807) is 0 Å². The van der Waals surface area contributed by atoms with Gasteiger partial charge in [-0.3, -0.25) is 4.79 Å². The maximum absolute atomic E-state index is 12.3. The first-order valence-corrected chi connectivity index (χ1v) is 9.69. The van der Waals surface area contributed by atoms with Crippen LogP contribution >= 0.6 is 11.8 Å². The highest BCUT2D eigenvalue weighted by molar-refractivity contribution is 7.99. The fraction of sp³-hybridized carbons (Fsp3) is 0.579. The average molecular weight is 347 g/mol. The number of para-hydroxylation sites is 2. The molecule has 0 spiro atoms. The molecule has 24 heavy (non-hydrogen) atoms. The number of esters is 1. The molecule has 0 saturated heterocycles. The third-order valence-electron chi connectivity index (χ3n) is 4.83.